The van der Waals surface area contributed by atoms with Crippen molar-refractivity contribution in [2.24, 2.45) is 0 Å². The second kappa shape index (κ2) is 5.31. The summed E-state index contributed by atoms with van der Waals surface area (Å²) in [4.78, 5) is 26.0. The van der Waals surface area contributed by atoms with Crippen molar-refractivity contribution in [1.82, 2.24) is 14.7 Å². The Morgan fingerprint density at radius 1 is 0.957 bits per heavy atom. The van der Waals surface area contributed by atoms with E-state index in [2.05, 4.69) is 21.0 Å². The van der Waals surface area contributed by atoms with Crippen LogP contribution in [0.4, 0.5) is 0 Å². The van der Waals surface area contributed by atoms with Gasteiger partial charge in [-0.15, -0.1) is 0 Å². The van der Waals surface area contributed by atoms with Crippen LogP contribution in [0.15, 0.2) is 53.1 Å². The number of hydrogen-bond acceptors (Lipinski definition) is 3. The molecule has 5 nitrogen and oxygen atoms in total. The number of aromatic nitrogens is 2. The third-order valence-electron chi connectivity index (χ3n) is 4.02. The number of carbonyl (C=O) groups is 2. The van der Waals surface area contributed by atoms with Crippen LogP contribution in [0.25, 0.3) is 10.9 Å². The molecule has 0 saturated carbocycles. The maximum absolute atomic E-state index is 12.3. The van der Waals surface area contributed by atoms with Gasteiger partial charge in [0.25, 0.3) is 11.8 Å². The van der Waals surface area contributed by atoms with Gasteiger partial charge in [0.1, 0.15) is 0 Å². The van der Waals surface area contributed by atoms with Crippen LogP contribution < -0.4 is 0 Å². The first-order valence-electron chi connectivity index (χ1n) is 7.21. The largest absolute Gasteiger partial charge is 0.272 e. The SMILES string of the molecule is O=C1c2ccccc2C(=O)N1CCn1ncc2cc(Br)ccc21. The maximum atomic E-state index is 12.3. The lowest BCUT2D eigenvalue weighted by Gasteiger charge is -2.14. The quantitative estimate of drug-likeness (QED) is 0.666. The van der Waals surface area contributed by atoms with Crippen molar-refractivity contribution in [1.29, 1.82) is 0 Å². The summed E-state index contributed by atoms with van der Waals surface area (Å²) in [6.45, 7) is 0.774. The fourth-order valence-electron chi connectivity index (χ4n) is 2.87. The number of nitrogens with zero attached hydrogens (tertiary/aromatic N) is 3. The van der Waals surface area contributed by atoms with Gasteiger partial charge in [0, 0.05) is 16.4 Å². The van der Waals surface area contributed by atoms with E-state index < -0.39 is 0 Å². The van der Waals surface area contributed by atoms with E-state index >= 15 is 0 Å². The van der Waals surface area contributed by atoms with Crippen LogP contribution in [0.3, 0.4) is 0 Å². The van der Waals surface area contributed by atoms with E-state index in [9.17, 15) is 9.59 Å². The number of fused-ring (bicyclic) bond motifs is 2. The second-order valence-electron chi connectivity index (χ2n) is 5.38. The highest BCUT2D eigenvalue weighted by Gasteiger charge is 2.34. The molecular formula is C17H12BrN3O2. The third-order valence-corrected chi connectivity index (χ3v) is 4.51. The van der Waals surface area contributed by atoms with Crippen LogP contribution in [0.1, 0.15) is 20.7 Å². The summed E-state index contributed by atoms with van der Waals surface area (Å²) in [6.07, 6.45) is 1.78. The monoisotopic (exact) mass is 369 g/mol. The molecule has 1 aliphatic heterocycles. The van der Waals surface area contributed by atoms with Gasteiger partial charge in [-0.1, -0.05) is 28.1 Å². The van der Waals surface area contributed by atoms with Gasteiger partial charge in [-0.3, -0.25) is 19.2 Å². The normalized spacial score (nSPS) is 13.9. The molecule has 0 bridgehead atoms. The highest BCUT2D eigenvalue weighted by atomic mass is 79.9. The summed E-state index contributed by atoms with van der Waals surface area (Å²) in [7, 11) is 0. The van der Waals surface area contributed by atoms with Gasteiger partial charge < -0.3 is 0 Å². The van der Waals surface area contributed by atoms with E-state index in [0.29, 0.717) is 24.2 Å². The zero-order valence-electron chi connectivity index (χ0n) is 12.1. The first kappa shape index (κ1) is 14.1. The smallest absolute Gasteiger partial charge is 0.261 e. The number of benzene rings is 2. The molecule has 1 aromatic heterocycles. The Kier molecular flexibility index (Phi) is 3.27. The Balaban J connectivity index is 1.58. The lowest BCUT2D eigenvalue weighted by molar-refractivity contribution is 0.0648. The number of carbonyl (C=O) groups excluding carboxylic acids is 2. The number of imide groups is 1. The predicted molar refractivity (Wildman–Crippen MR) is 89.2 cm³/mol. The van der Waals surface area contributed by atoms with Crippen molar-refractivity contribution in [2.75, 3.05) is 6.54 Å². The first-order chi connectivity index (χ1) is 11.1. The average Bonchev–Trinajstić information content (AvgIpc) is 3.06. The van der Waals surface area contributed by atoms with Gasteiger partial charge in [0.05, 0.1) is 29.4 Å². The van der Waals surface area contributed by atoms with Crippen molar-refractivity contribution in [3.63, 3.8) is 0 Å². The minimum absolute atomic E-state index is 0.232. The molecule has 0 spiro atoms. The summed E-state index contributed by atoms with van der Waals surface area (Å²) in [6, 6.07) is 12.8. The van der Waals surface area contributed by atoms with Gasteiger partial charge in [-0.2, -0.15) is 5.10 Å². The van der Waals surface area contributed by atoms with E-state index in [-0.39, 0.29) is 11.8 Å². The molecule has 23 heavy (non-hydrogen) atoms. The average molecular weight is 370 g/mol. The molecule has 0 unspecified atom stereocenters. The lowest BCUT2D eigenvalue weighted by atomic mass is 10.1. The number of rotatable bonds is 3. The molecule has 0 saturated heterocycles. The molecule has 0 fully saturated rings. The van der Waals surface area contributed by atoms with Gasteiger partial charge in [0.2, 0.25) is 0 Å². The molecule has 4 rings (SSSR count). The molecule has 0 N–H and O–H groups in total. The first-order valence-corrected chi connectivity index (χ1v) is 8.01. The summed E-state index contributed by atoms with van der Waals surface area (Å²) < 4.78 is 2.80. The summed E-state index contributed by atoms with van der Waals surface area (Å²) in [5, 5.41) is 5.36. The molecule has 6 heteroatoms. The van der Waals surface area contributed by atoms with Crippen LogP contribution in [0.2, 0.25) is 0 Å². The third kappa shape index (κ3) is 2.26. The molecule has 2 heterocycles. The number of halogens is 1. The molecule has 114 valence electrons. The second-order valence-corrected chi connectivity index (χ2v) is 6.29. The number of amides is 2. The number of hydrogen-bond donors (Lipinski definition) is 0. The van der Waals surface area contributed by atoms with Gasteiger partial charge in [0.15, 0.2) is 0 Å². The van der Waals surface area contributed by atoms with E-state index in [1.807, 2.05) is 22.9 Å². The fraction of sp³-hybridized carbons (Fsp3) is 0.118. The van der Waals surface area contributed by atoms with Crippen LogP contribution in [0, 0.1) is 0 Å². The van der Waals surface area contributed by atoms with Crippen LogP contribution >= 0.6 is 15.9 Å². The standard InChI is InChI=1S/C17H12BrN3O2/c18-12-5-6-15-11(9-12)10-19-21(15)8-7-20-16(22)13-3-1-2-4-14(13)17(20)23/h1-6,9-10H,7-8H2. The zero-order valence-corrected chi connectivity index (χ0v) is 13.7. The van der Waals surface area contributed by atoms with Crippen molar-refractivity contribution >= 4 is 38.6 Å². The van der Waals surface area contributed by atoms with Crippen molar-refractivity contribution in [3.05, 3.63) is 64.3 Å². The molecular weight excluding hydrogens is 358 g/mol. The minimum Gasteiger partial charge on any atom is -0.272 e. The van der Waals surface area contributed by atoms with E-state index in [1.54, 1.807) is 30.5 Å². The molecule has 1 aliphatic rings. The predicted octanol–water partition coefficient (Wildman–Crippen LogP) is 3.10. The summed E-state index contributed by atoms with van der Waals surface area (Å²) >= 11 is 3.43. The van der Waals surface area contributed by atoms with Gasteiger partial charge in [-0.25, -0.2) is 0 Å². The summed E-state index contributed by atoms with van der Waals surface area (Å²) in [5.41, 5.74) is 1.93. The Bertz CT molecular complexity index is 913. The van der Waals surface area contributed by atoms with Crippen LogP contribution in [-0.4, -0.2) is 33.0 Å². The van der Waals surface area contributed by atoms with Gasteiger partial charge in [-0.05, 0) is 30.3 Å². The van der Waals surface area contributed by atoms with E-state index in [1.165, 1.54) is 4.90 Å². The van der Waals surface area contributed by atoms with Crippen molar-refractivity contribution < 1.29 is 9.59 Å². The zero-order chi connectivity index (χ0) is 16.0. The van der Waals surface area contributed by atoms with Crippen LogP contribution in [-0.2, 0) is 6.54 Å². The Morgan fingerprint density at radius 3 is 2.35 bits per heavy atom. The highest BCUT2D eigenvalue weighted by Crippen LogP contribution is 2.23. The van der Waals surface area contributed by atoms with E-state index in [0.717, 1.165) is 15.4 Å². The highest BCUT2D eigenvalue weighted by molar-refractivity contribution is 9.10. The van der Waals surface area contributed by atoms with E-state index in [4.69, 9.17) is 0 Å². The Morgan fingerprint density at radius 2 is 1.65 bits per heavy atom. The molecule has 2 amide bonds. The van der Waals surface area contributed by atoms with Crippen LogP contribution in [0.5, 0.6) is 0 Å². The lowest BCUT2D eigenvalue weighted by Crippen LogP contribution is -2.33. The van der Waals surface area contributed by atoms with Crippen molar-refractivity contribution in [2.45, 2.75) is 6.54 Å². The van der Waals surface area contributed by atoms with Gasteiger partial charge >= 0.3 is 0 Å². The minimum atomic E-state index is -0.232. The summed E-state index contributed by atoms with van der Waals surface area (Å²) in [5.74, 6) is -0.463. The molecule has 2 aromatic carbocycles. The molecule has 0 atom stereocenters. The topological polar surface area (TPSA) is 55.2 Å². The fourth-order valence-corrected chi connectivity index (χ4v) is 3.25. The Hall–Kier alpha value is -2.47. The maximum Gasteiger partial charge on any atom is 0.261 e. The molecule has 0 radical (unpaired) electrons. The molecule has 0 aliphatic carbocycles. The Labute approximate surface area is 140 Å². The van der Waals surface area contributed by atoms with Crippen molar-refractivity contribution in [3.8, 4) is 0 Å². The molecule has 3 aromatic rings.